The standard InChI is InChI=1S/C11H10INO3/c1-14-9-4-2-8(3-5-9)7-15-11-6-10(12)16-13-11/h2-6H,7H2,1H3. The van der Waals surface area contributed by atoms with Crippen molar-refractivity contribution in [3.8, 4) is 11.6 Å². The Morgan fingerprint density at radius 1 is 1.31 bits per heavy atom. The topological polar surface area (TPSA) is 44.5 Å². The molecular formula is C11H10INO3. The van der Waals surface area contributed by atoms with Crippen LogP contribution in [0.3, 0.4) is 0 Å². The second-order valence-corrected chi connectivity index (χ2v) is 4.17. The van der Waals surface area contributed by atoms with Crippen LogP contribution in [-0.2, 0) is 6.61 Å². The van der Waals surface area contributed by atoms with E-state index in [2.05, 4.69) is 5.16 Å². The Kier molecular flexibility index (Phi) is 3.66. The number of benzene rings is 1. The molecule has 16 heavy (non-hydrogen) atoms. The highest BCUT2D eigenvalue weighted by atomic mass is 127. The molecule has 1 aromatic heterocycles. The number of ether oxygens (including phenoxy) is 2. The summed E-state index contributed by atoms with van der Waals surface area (Å²) < 4.78 is 16.1. The molecular weight excluding hydrogens is 321 g/mol. The zero-order valence-electron chi connectivity index (χ0n) is 8.64. The van der Waals surface area contributed by atoms with Crippen LogP contribution in [0.4, 0.5) is 0 Å². The first-order chi connectivity index (χ1) is 7.78. The van der Waals surface area contributed by atoms with E-state index in [1.807, 2.05) is 46.9 Å². The van der Waals surface area contributed by atoms with E-state index in [0.717, 1.165) is 11.3 Å². The maximum atomic E-state index is 5.44. The molecule has 0 saturated heterocycles. The fourth-order valence-electron chi connectivity index (χ4n) is 1.19. The van der Waals surface area contributed by atoms with E-state index in [1.165, 1.54) is 0 Å². The SMILES string of the molecule is COc1ccc(COc2cc(I)on2)cc1. The Hall–Kier alpha value is -1.24. The van der Waals surface area contributed by atoms with E-state index in [0.29, 0.717) is 16.3 Å². The molecule has 2 rings (SSSR count). The predicted octanol–water partition coefficient (Wildman–Crippen LogP) is 2.87. The third-order valence-electron chi connectivity index (χ3n) is 2.01. The largest absolute Gasteiger partial charge is 0.497 e. The molecule has 0 spiro atoms. The molecule has 0 unspecified atom stereocenters. The predicted molar refractivity (Wildman–Crippen MR) is 66.5 cm³/mol. The summed E-state index contributed by atoms with van der Waals surface area (Å²) in [6.07, 6.45) is 0. The number of rotatable bonds is 4. The smallest absolute Gasteiger partial charge is 0.255 e. The number of halogens is 1. The van der Waals surface area contributed by atoms with Gasteiger partial charge in [0, 0.05) is 22.6 Å². The second-order valence-electron chi connectivity index (χ2n) is 3.11. The first-order valence-corrected chi connectivity index (χ1v) is 5.74. The monoisotopic (exact) mass is 331 g/mol. The van der Waals surface area contributed by atoms with Crippen molar-refractivity contribution in [3.05, 3.63) is 39.7 Å². The first kappa shape index (κ1) is 11.3. The molecule has 0 atom stereocenters. The van der Waals surface area contributed by atoms with Crippen molar-refractivity contribution in [2.24, 2.45) is 0 Å². The highest BCUT2D eigenvalue weighted by Gasteiger charge is 2.02. The van der Waals surface area contributed by atoms with Gasteiger partial charge in [0.05, 0.1) is 13.2 Å². The molecule has 0 aliphatic heterocycles. The number of aromatic nitrogens is 1. The lowest BCUT2D eigenvalue weighted by atomic mass is 10.2. The molecule has 0 amide bonds. The molecule has 1 aromatic carbocycles. The van der Waals surface area contributed by atoms with Crippen LogP contribution in [0.1, 0.15) is 5.56 Å². The van der Waals surface area contributed by atoms with Crippen molar-refractivity contribution in [2.75, 3.05) is 7.11 Å². The van der Waals surface area contributed by atoms with Crippen molar-refractivity contribution < 1.29 is 14.0 Å². The number of hydrogen-bond acceptors (Lipinski definition) is 4. The Morgan fingerprint density at radius 3 is 2.62 bits per heavy atom. The minimum atomic E-state index is 0.465. The second kappa shape index (κ2) is 5.20. The van der Waals surface area contributed by atoms with E-state index < -0.39 is 0 Å². The molecule has 0 bridgehead atoms. The molecule has 5 heteroatoms. The van der Waals surface area contributed by atoms with Crippen LogP contribution in [0.5, 0.6) is 11.6 Å². The highest BCUT2D eigenvalue weighted by molar-refractivity contribution is 14.1. The lowest BCUT2D eigenvalue weighted by molar-refractivity contribution is 0.267. The van der Waals surface area contributed by atoms with Crippen molar-refractivity contribution in [1.82, 2.24) is 5.16 Å². The average molecular weight is 331 g/mol. The number of methoxy groups -OCH3 is 1. The lowest BCUT2D eigenvalue weighted by Gasteiger charge is -2.03. The van der Waals surface area contributed by atoms with E-state index in [1.54, 1.807) is 13.2 Å². The fourth-order valence-corrected chi connectivity index (χ4v) is 1.55. The van der Waals surface area contributed by atoms with Crippen LogP contribution in [-0.4, -0.2) is 12.3 Å². The van der Waals surface area contributed by atoms with Crippen LogP contribution in [0.2, 0.25) is 0 Å². The van der Waals surface area contributed by atoms with Crippen LogP contribution in [0.25, 0.3) is 0 Å². The zero-order chi connectivity index (χ0) is 11.4. The lowest BCUT2D eigenvalue weighted by Crippen LogP contribution is -1.95. The summed E-state index contributed by atoms with van der Waals surface area (Å²) in [5, 5.41) is 3.74. The summed E-state index contributed by atoms with van der Waals surface area (Å²) in [4.78, 5) is 0. The van der Waals surface area contributed by atoms with Gasteiger partial charge < -0.3 is 14.0 Å². The van der Waals surface area contributed by atoms with E-state index in [-0.39, 0.29) is 0 Å². The van der Waals surface area contributed by atoms with Crippen LogP contribution < -0.4 is 9.47 Å². The van der Waals surface area contributed by atoms with Crippen molar-refractivity contribution in [2.45, 2.75) is 6.61 Å². The Bertz CT molecular complexity index is 453. The van der Waals surface area contributed by atoms with E-state index in [4.69, 9.17) is 14.0 Å². The van der Waals surface area contributed by atoms with Gasteiger partial charge in [-0.05, 0) is 22.9 Å². The number of hydrogen-bond donors (Lipinski definition) is 0. The van der Waals surface area contributed by atoms with E-state index >= 15 is 0 Å². The summed E-state index contributed by atoms with van der Waals surface area (Å²) in [5.74, 6) is 1.33. The zero-order valence-corrected chi connectivity index (χ0v) is 10.8. The van der Waals surface area contributed by atoms with Gasteiger partial charge in [-0.1, -0.05) is 12.1 Å². The molecule has 0 fully saturated rings. The summed E-state index contributed by atoms with van der Waals surface area (Å²) in [7, 11) is 1.64. The van der Waals surface area contributed by atoms with Gasteiger partial charge in [-0.15, -0.1) is 0 Å². The van der Waals surface area contributed by atoms with Gasteiger partial charge >= 0.3 is 0 Å². The van der Waals surface area contributed by atoms with Gasteiger partial charge in [-0.2, -0.15) is 0 Å². The fraction of sp³-hybridized carbons (Fsp3) is 0.182. The molecule has 4 nitrogen and oxygen atoms in total. The van der Waals surface area contributed by atoms with Crippen molar-refractivity contribution in [3.63, 3.8) is 0 Å². The van der Waals surface area contributed by atoms with Crippen LogP contribution in [0.15, 0.2) is 34.9 Å². The van der Waals surface area contributed by atoms with Gasteiger partial charge in [0.25, 0.3) is 5.88 Å². The van der Waals surface area contributed by atoms with Gasteiger partial charge in [0.1, 0.15) is 12.4 Å². The third kappa shape index (κ3) is 2.88. The molecule has 0 saturated carbocycles. The minimum Gasteiger partial charge on any atom is -0.497 e. The summed E-state index contributed by atoms with van der Waals surface area (Å²) in [6, 6.07) is 9.42. The Balaban J connectivity index is 1.94. The molecule has 0 aliphatic carbocycles. The van der Waals surface area contributed by atoms with Gasteiger partial charge in [-0.25, -0.2) is 0 Å². The van der Waals surface area contributed by atoms with Crippen molar-refractivity contribution in [1.29, 1.82) is 0 Å². The maximum Gasteiger partial charge on any atom is 0.255 e. The van der Waals surface area contributed by atoms with E-state index in [9.17, 15) is 0 Å². The summed E-state index contributed by atoms with van der Waals surface area (Å²) in [5.41, 5.74) is 1.05. The third-order valence-corrected chi connectivity index (χ3v) is 2.51. The minimum absolute atomic E-state index is 0.465. The normalized spacial score (nSPS) is 10.1. The molecule has 1 heterocycles. The summed E-state index contributed by atoms with van der Waals surface area (Å²) >= 11 is 2.04. The maximum absolute atomic E-state index is 5.44. The molecule has 84 valence electrons. The quantitative estimate of drug-likeness (QED) is 0.808. The Morgan fingerprint density at radius 2 is 2.06 bits per heavy atom. The molecule has 0 aliphatic rings. The van der Waals surface area contributed by atoms with Gasteiger partial charge in [-0.3, -0.25) is 0 Å². The van der Waals surface area contributed by atoms with Gasteiger partial charge in [0.2, 0.25) is 0 Å². The number of nitrogens with zero attached hydrogens (tertiary/aromatic N) is 1. The van der Waals surface area contributed by atoms with Gasteiger partial charge in [0.15, 0.2) is 3.77 Å². The highest BCUT2D eigenvalue weighted by Crippen LogP contribution is 2.16. The molecule has 0 N–H and O–H groups in total. The van der Waals surface area contributed by atoms with Crippen LogP contribution >= 0.6 is 22.6 Å². The average Bonchev–Trinajstić information content (AvgIpc) is 2.73. The molecule has 0 radical (unpaired) electrons. The van der Waals surface area contributed by atoms with Crippen LogP contribution in [0, 0.1) is 3.77 Å². The molecule has 2 aromatic rings. The Labute approximate surface area is 107 Å². The summed E-state index contributed by atoms with van der Waals surface area (Å²) in [6.45, 7) is 0.465. The first-order valence-electron chi connectivity index (χ1n) is 4.66. The van der Waals surface area contributed by atoms with Crippen molar-refractivity contribution >= 4 is 22.6 Å².